The summed E-state index contributed by atoms with van der Waals surface area (Å²) in [7, 11) is 0. The van der Waals surface area contributed by atoms with Gasteiger partial charge in [-0.15, -0.1) is 0 Å². The minimum absolute atomic E-state index is 0.442. The Labute approximate surface area is 121 Å². The van der Waals surface area contributed by atoms with E-state index in [1.807, 2.05) is 13.0 Å². The maximum absolute atomic E-state index is 6.12. The van der Waals surface area contributed by atoms with E-state index in [1.54, 1.807) is 4.52 Å². The number of nitrogens with one attached hydrogen (secondary N) is 1. The maximum Gasteiger partial charge on any atom is 0.255 e. The molecule has 0 fully saturated rings. The van der Waals surface area contributed by atoms with Crippen LogP contribution in [-0.2, 0) is 6.54 Å². The molecule has 0 saturated carbocycles. The quantitative estimate of drug-likeness (QED) is 0.753. The molecule has 3 aromatic rings. The summed E-state index contributed by atoms with van der Waals surface area (Å²) < 4.78 is 1.66. The summed E-state index contributed by atoms with van der Waals surface area (Å²) in [5.41, 5.74) is 3.29. The van der Waals surface area contributed by atoms with E-state index in [4.69, 9.17) is 11.6 Å². The maximum atomic E-state index is 6.12. The molecule has 0 radical (unpaired) electrons. The van der Waals surface area contributed by atoms with Gasteiger partial charge in [0.05, 0.1) is 0 Å². The van der Waals surface area contributed by atoms with Crippen LogP contribution >= 0.6 is 11.6 Å². The average Bonchev–Trinajstić information content (AvgIpc) is 2.87. The molecule has 2 aromatic heterocycles. The number of hydrogen-bond donors (Lipinski definition) is 1. The first-order valence-corrected chi connectivity index (χ1v) is 6.68. The summed E-state index contributed by atoms with van der Waals surface area (Å²) >= 11 is 6.12. The van der Waals surface area contributed by atoms with Crippen molar-refractivity contribution in [2.45, 2.75) is 20.4 Å². The van der Waals surface area contributed by atoms with E-state index in [0.717, 1.165) is 11.4 Å². The van der Waals surface area contributed by atoms with Gasteiger partial charge in [-0.25, -0.2) is 0 Å². The second-order valence-electron chi connectivity index (χ2n) is 4.69. The highest BCUT2D eigenvalue weighted by molar-refractivity contribution is 6.30. The lowest BCUT2D eigenvalue weighted by atomic mass is 10.1. The minimum Gasteiger partial charge on any atom is -0.366 e. The van der Waals surface area contributed by atoms with Gasteiger partial charge in [-0.2, -0.15) is 19.6 Å². The van der Waals surface area contributed by atoms with Gasteiger partial charge in [0, 0.05) is 12.1 Å². The van der Waals surface area contributed by atoms with Crippen LogP contribution in [0.4, 0.5) is 5.82 Å². The third-order valence-electron chi connectivity index (χ3n) is 3.15. The average molecular weight is 288 g/mol. The van der Waals surface area contributed by atoms with Crippen LogP contribution in [0.1, 0.15) is 16.7 Å². The lowest BCUT2D eigenvalue weighted by Gasteiger charge is -2.12. The van der Waals surface area contributed by atoms with Gasteiger partial charge in [0.15, 0.2) is 0 Å². The van der Waals surface area contributed by atoms with E-state index < -0.39 is 0 Å². The number of hydrogen-bond acceptors (Lipinski definition) is 4. The van der Waals surface area contributed by atoms with Crippen molar-refractivity contribution >= 4 is 23.2 Å². The zero-order chi connectivity index (χ0) is 14.1. The Hall–Kier alpha value is -2.14. The predicted octanol–water partition coefficient (Wildman–Crippen LogP) is 3.01. The Balaban J connectivity index is 1.94. The first-order valence-electron chi connectivity index (χ1n) is 6.30. The second-order valence-corrected chi connectivity index (χ2v) is 5.05. The molecule has 0 bridgehead atoms. The molecule has 0 atom stereocenters. The summed E-state index contributed by atoms with van der Waals surface area (Å²) in [6.45, 7) is 4.68. The fourth-order valence-corrected chi connectivity index (χ4v) is 2.28. The van der Waals surface area contributed by atoms with Gasteiger partial charge in [0.2, 0.25) is 0 Å². The summed E-state index contributed by atoms with van der Waals surface area (Å²) in [5, 5.41) is 7.98. The zero-order valence-electron chi connectivity index (χ0n) is 11.3. The van der Waals surface area contributed by atoms with Gasteiger partial charge in [-0.3, -0.25) is 0 Å². The van der Waals surface area contributed by atoms with Crippen LogP contribution < -0.4 is 5.32 Å². The smallest absolute Gasteiger partial charge is 0.255 e. The number of aromatic nitrogens is 4. The Morgan fingerprint density at radius 2 is 2.15 bits per heavy atom. The highest BCUT2D eigenvalue weighted by Crippen LogP contribution is 2.22. The van der Waals surface area contributed by atoms with Crippen molar-refractivity contribution in [2.75, 3.05) is 5.32 Å². The number of aryl methyl sites for hydroxylation is 1. The predicted molar refractivity (Wildman–Crippen MR) is 79.0 cm³/mol. The van der Waals surface area contributed by atoms with E-state index in [0.29, 0.717) is 17.5 Å². The van der Waals surface area contributed by atoms with Crippen molar-refractivity contribution < 1.29 is 0 Å². The van der Waals surface area contributed by atoms with E-state index >= 15 is 0 Å². The molecule has 1 N–H and O–H groups in total. The van der Waals surface area contributed by atoms with E-state index in [9.17, 15) is 0 Å². The molecular weight excluding hydrogens is 274 g/mol. The zero-order valence-corrected chi connectivity index (χ0v) is 12.0. The number of nitrogens with zero attached hydrogens (tertiary/aromatic N) is 4. The number of benzene rings is 1. The van der Waals surface area contributed by atoms with Crippen molar-refractivity contribution in [3.05, 3.63) is 52.4 Å². The molecule has 6 heteroatoms. The standard InChI is InChI=1S/C14H14ClN5/c1-9-4-3-5-11(6-9)7-16-13-10(2)12(15)19-14-17-8-18-20(13)14/h3-6,8,16H,7H2,1-2H3. The molecule has 0 amide bonds. The summed E-state index contributed by atoms with van der Waals surface area (Å²) in [4.78, 5) is 8.25. The van der Waals surface area contributed by atoms with Crippen molar-refractivity contribution in [1.29, 1.82) is 0 Å². The van der Waals surface area contributed by atoms with Gasteiger partial charge in [0.25, 0.3) is 5.78 Å². The van der Waals surface area contributed by atoms with Crippen molar-refractivity contribution in [3.8, 4) is 0 Å². The SMILES string of the molecule is Cc1cccc(CNc2c(C)c(Cl)nc3ncnn23)c1. The third kappa shape index (κ3) is 2.32. The molecule has 0 saturated heterocycles. The summed E-state index contributed by atoms with van der Waals surface area (Å²) in [5.74, 6) is 1.31. The molecule has 1 aromatic carbocycles. The molecule has 5 nitrogen and oxygen atoms in total. The fourth-order valence-electron chi connectivity index (χ4n) is 2.11. The lowest BCUT2D eigenvalue weighted by molar-refractivity contribution is 0.914. The largest absolute Gasteiger partial charge is 0.366 e. The first-order chi connectivity index (χ1) is 9.65. The lowest BCUT2D eigenvalue weighted by Crippen LogP contribution is -2.09. The van der Waals surface area contributed by atoms with Gasteiger partial charge in [-0.1, -0.05) is 41.4 Å². The summed E-state index contributed by atoms with van der Waals surface area (Å²) in [6, 6.07) is 8.35. The molecule has 2 heterocycles. The van der Waals surface area contributed by atoms with Gasteiger partial charge in [-0.05, 0) is 19.4 Å². The molecular formula is C14H14ClN5. The van der Waals surface area contributed by atoms with E-state index in [1.165, 1.54) is 17.5 Å². The molecule has 102 valence electrons. The molecule has 0 aliphatic heterocycles. The van der Waals surface area contributed by atoms with Gasteiger partial charge < -0.3 is 5.32 Å². The Morgan fingerprint density at radius 3 is 2.95 bits per heavy atom. The Morgan fingerprint density at radius 1 is 1.30 bits per heavy atom. The van der Waals surface area contributed by atoms with Gasteiger partial charge in [0.1, 0.15) is 17.3 Å². The van der Waals surface area contributed by atoms with Crippen LogP contribution in [0.25, 0.3) is 5.78 Å². The van der Waals surface area contributed by atoms with Crippen LogP contribution in [0.5, 0.6) is 0 Å². The molecule has 0 aliphatic rings. The highest BCUT2D eigenvalue weighted by Gasteiger charge is 2.11. The molecule has 0 aliphatic carbocycles. The number of fused-ring (bicyclic) bond motifs is 1. The van der Waals surface area contributed by atoms with Crippen LogP contribution in [0.3, 0.4) is 0 Å². The molecule has 0 unspecified atom stereocenters. The van der Waals surface area contributed by atoms with E-state index in [-0.39, 0.29) is 0 Å². The first kappa shape index (κ1) is 12.9. The highest BCUT2D eigenvalue weighted by atomic mass is 35.5. The van der Waals surface area contributed by atoms with Crippen molar-refractivity contribution in [1.82, 2.24) is 19.6 Å². The van der Waals surface area contributed by atoms with Crippen LogP contribution in [-0.4, -0.2) is 19.6 Å². The Kier molecular flexibility index (Phi) is 3.28. The minimum atomic E-state index is 0.442. The van der Waals surface area contributed by atoms with Crippen molar-refractivity contribution in [3.63, 3.8) is 0 Å². The summed E-state index contributed by atoms with van der Waals surface area (Å²) in [6.07, 6.45) is 1.47. The Bertz CT molecular complexity index is 765. The fraction of sp³-hybridized carbons (Fsp3) is 0.214. The van der Waals surface area contributed by atoms with E-state index in [2.05, 4.69) is 45.5 Å². The monoisotopic (exact) mass is 287 g/mol. The normalized spacial score (nSPS) is 10.9. The number of halogens is 1. The van der Waals surface area contributed by atoms with Crippen molar-refractivity contribution in [2.24, 2.45) is 0 Å². The topological polar surface area (TPSA) is 55.1 Å². The van der Waals surface area contributed by atoms with Crippen LogP contribution in [0, 0.1) is 13.8 Å². The third-order valence-corrected chi connectivity index (χ3v) is 3.51. The molecule has 20 heavy (non-hydrogen) atoms. The van der Waals surface area contributed by atoms with Gasteiger partial charge >= 0.3 is 0 Å². The molecule has 3 rings (SSSR count). The number of anilines is 1. The second kappa shape index (κ2) is 5.09. The molecule has 0 spiro atoms. The number of rotatable bonds is 3. The van der Waals surface area contributed by atoms with Crippen LogP contribution in [0.2, 0.25) is 5.15 Å². The van der Waals surface area contributed by atoms with Crippen LogP contribution in [0.15, 0.2) is 30.6 Å².